The Labute approximate surface area is 118 Å². The molecule has 0 radical (unpaired) electrons. The molecule has 2 heterocycles. The number of hydrogen-bond acceptors (Lipinski definition) is 7. The van der Waals surface area contributed by atoms with Crippen LogP contribution in [-0.4, -0.2) is 29.4 Å². The summed E-state index contributed by atoms with van der Waals surface area (Å²) in [7, 11) is 3.75. The molecule has 0 aliphatic rings. The van der Waals surface area contributed by atoms with Crippen molar-refractivity contribution in [1.29, 1.82) is 0 Å². The highest BCUT2D eigenvalue weighted by atomic mass is 16.5. The van der Waals surface area contributed by atoms with E-state index >= 15 is 0 Å². The number of anilines is 1. The molecule has 0 spiro atoms. The van der Waals surface area contributed by atoms with Crippen LogP contribution in [0, 0.1) is 13.8 Å². The number of aryl methyl sites for hydroxylation is 2. The molecule has 2 aromatic rings. The molecule has 0 fully saturated rings. The molecule has 1 unspecified atom stereocenters. The molecule has 0 aromatic carbocycles. The van der Waals surface area contributed by atoms with Crippen LogP contribution >= 0.6 is 0 Å². The minimum Gasteiger partial charge on any atom is -0.361 e. The van der Waals surface area contributed by atoms with Crippen molar-refractivity contribution in [3.8, 4) is 0 Å². The maximum Gasteiger partial charge on any atom is 0.265 e. The second kappa shape index (κ2) is 6.04. The van der Waals surface area contributed by atoms with E-state index in [1.807, 2.05) is 27.9 Å². The number of nitrogens with one attached hydrogen (secondary N) is 1. The third-order valence-corrected chi connectivity index (χ3v) is 3.20. The molecule has 7 heteroatoms. The molecule has 2 aromatic heterocycles. The topological polar surface area (TPSA) is 80.2 Å². The van der Waals surface area contributed by atoms with E-state index in [0.717, 1.165) is 23.4 Å². The van der Waals surface area contributed by atoms with Crippen LogP contribution in [0.5, 0.6) is 0 Å². The maximum absolute atomic E-state index is 5.22. The fourth-order valence-electron chi connectivity index (χ4n) is 2.15. The highest BCUT2D eigenvalue weighted by Gasteiger charge is 2.19. The molecule has 0 aliphatic carbocycles. The van der Waals surface area contributed by atoms with Gasteiger partial charge in [-0.05, 0) is 25.4 Å². The lowest BCUT2D eigenvalue weighted by atomic mass is 10.0. The van der Waals surface area contributed by atoms with Crippen molar-refractivity contribution in [3.63, 3.8) is 0 Å². The Kier molecular flexibility index (Phi) is 4.39. The van der Waals surface area contributed by atoms with Gasteiger partial charge in [0, 0.05) is 25.7 Å². The van der Waals surface area contributed by atoms with Crippen LogP contribution in [0.2, 0.25) is 0 Å². The largest absolute Gasteiger partial charge is 0.361 e. The summed E-state index contributed by atoms with van der Waals surface area (Å²) in [6.45, 7) is 6.51. The summed E-state index contributed by atoms with van der Waals surface area (Å²) in [5.41, 5.74) is 2.03. The van der Waals surface area contributed by atoms with Gasteiger partial charge in [-0.25, -0.2) is 0 Å². The monoisotopic (exact) mass is 279 g/mol. The van der Waals surface area contributed by atoms with E-state index in [2.05, 4.69) is 27.5 Å². The average molecular weight is 279 g/mol. The number of rotatable bonds is 6. The number of hydrogen-bond donors (Lipinski definition) is 1. The molecule has 0 bridgehead atoms. The van der Waals surface area contributed by atoms with Gasteiger partial charge in [0.1, 0.15) is 5.76 Å². The van der Waals surface area contributed by atoms with Crippen LogP contribution in [-0.2, 0) is 6.54 Å². The second-order valence-corrected chi connectivity index (χ2v) is 4.96. The van der Waals surface area contributed by atoms with Crippen LogP contribution in [0.3, 0.4) is 0 Å². The van der Waals surface area contributed by atoms with E-state index in [-0.39, 0.29) is 6.04 Å². The Bertz CT molecular complexity index is 541. The van der Waals surface area contributed by atoms with Crippen LogP contribution in [0.15, 0.2) is 9.05 Å². The second-order valence-electron chi connectivity index (χ2n) is 4.96. The molecular formula is C13H21N5O2. The van der Waals surface area contributed by atoms with E-state index in [0.29, 0.717) is 18.4 Å². The molecule has 2 rings (SSSR count). The summed E-state index contributed by atoms with van der Waals surface area (Å²) in [6.07, 6.45) is 0.928. The minimum absolute atomic E-state index is 0.163. The Morgan fingerprint density at radius 1 is 1.20 bits per heavy atom. The van der Waals surface area contributed by atoms with Gasteiger partial charge in [-0.3, -0.25) is 0 Å². The molecule has 0 amide bonds. The number of aromatic nitrogens is 3. The van der Waals surface area contributed by atoms with Crippen molar-refractivity contribution in [2.24, 2.45) is 0 Å². The summed E-state index contributed by atoms with van der Waals surface area (Å²) in [4.78, 5) is 6.09. The van der Waals surface area contributed by atoms with E-state index in [1.165, 1.54) is 0 Å². The Morgan fingerprint density at radius 3 is 2.45 bits per heavy atom. The summed E-state index contributed by atoms with van der Waals surface area (Å²) in [6, 6.07) is 0.163. The first-order chi connectivity index (χ1) is 9.52. The van der Waals surface area contributed by atoms with Crippen molar-refractivity contribution in [3.05, 3.63) is 22.9 Å². The van der Waals surface area contributed by atoms with Gasteiger partial charge in [-0.1, -0.05) is 12.1 Å². The fourth-order valence-corrected chi connectivity index (χ4v) is 2.15. The van der Waals surface area contributed by atoms with Gasteiger partial charge in [-0.2, -0.15) is 4.98 Å². The van der Waals surface area contributed by atoms with Crippen LogP contribution in [0.25, 0.3) is 0 Å². The highest BCUT2D eigenvalue weighted by molar-refractivity contribution is 5.25. The zero-order chi connectivity index (χ0) is 14.7. The van der Waals surface area contributed by atoms with Crippen molar-refractivity contribution in [2.75, 3.05) is 19.0 Å². The van der Waals surface area contributed by atoms with Crippen LogP contribution in [0.4, 0.5) is 5.95 Å². The Balaban J connectivity index is 2.04. The molecule has 1 N–H and O–H groups in total. The SMILES string of the molecule is CCC(NCc1nc(N(C)C)no1)c1c(C)noc1C. The summed E-state index contributed by atoms with van der Waals surface area (Å²) in [5.74, 6) is 1.99. The van der Waals surface area contributed by atoms with Crippen molar-refractivity contribution >= 4 is 5.95 Å². The van der Waals surface area contributed by atoms with E-state index in [1.54, 1.807) is 4.90 Å². The smallest absolute Gasteiger partial charge is 0.265 e. The summed E-state index contributed by atoms with van der Waals surface area (Å²) in [5, 5.41) is 11.3. The maximum atomic E-state index is 5.22. The van der Waals surface area contributed by atoms with Crippen LogP contribution < -0.4 is 10.2 Å². The normalized spacial score (nSPS) is 12.7. The lowest BCUT2D eigenvalue weighted by Gasteiger charge is -2.15. The molecular weight excluding hydrogens is 258 g/mol. The van der Waals surface area contributed by atoms with Gasteiger partial charge in [0.15, 0.2) is 0 Å². The molecule has 0 aliphatic heterocycles. The van der Waals surface area contributed by atoms with E-state index in [4.69, 9.17) is 9.05 Å². The Morgan fingerprint density at radius 2 is 1.95 bits per heavy atom. The van der Waals surface area contributed by atoms with Crippen LogP contribution in [0.1, 0.15) is 42.3 Å². The van der Waals surface area contributed by atoms with Gasteiger partial charge < -0.3 is 19.3 Å². The third-order valence-electron chi connectivity index (χ3n) is 3.20. The highest BCUT2D eigenvalue weighted by Crippen LogP contribution is 2.24. The predicted molar refractivity (Wildman–Crippen MR) is 74.5 cm³/mol. The zero-order valence-electron chi connectivity index (χ0n) is 12.6. The molecule has 7 nitrogen and oxygen atoms in total. The van der Waals surface area contributed by atoms with Crippen molar-refractivity contribution in [2.45, 2.75) is 39.8 Å². The van der Waals surface area contributed by atoms with Gasteiger partial charge in [0.25, 0.3) is 5.95 Å². The Hall–Kier alpha value is -1.89. The van der Waals surface area contributed by atoms with Gasteiger partial charge in [-0.15, -0.1) is 0 Å². The average Bonchev–Trinajstić information content (AvgIpc) is 3.00. The van der Waals surface area contributed by atoms with Crippen molar-refractivity contribution in [1.82, 2.24) is 20.6 Å². The molecule has 0 saturated heterocycles. The van der Waals surface area contributed by atoms with Gasteiger partial charge in [0.2, 0.25) is 5.89 Å². The molecule has 20 heavy (non-hydrogen) atoms. The summed E-state index contributed by atoms with van der Waals surface area (Å²) >= 11 is 0. The predicted octanol–water partition coefficient (Wildman–Crippen LogP) is 1.98. The lowest BCUT2D eigenvalue weighted by Crippen LogP contribution is -2.21. The molecule has 1 atom stereocenters. The zero-order valence-corrected chi connectivity index (χ0v) is 12.6. The summed E-state index contributed by atoms with van der Waals surface area (Å²) < 4.78 is 10.4. The quantitative estimate of drug-likeness (QED) is 0.865. The minimum atomic E-state index is 0.163. The van der Waals surface area contributed by atoms with Gasteiger partial charge in [0.05, 0.1) is 12.2 Å². The third kappa shape index (κ3) is 2.98. The first-order valence-electron chi connectivity index (χ1n) is 6.69. The van der Waals surface area contributed by atoms with Crippen molar-refractivity contribution < 1.29 is 9.05 Å². The lowest BCUT2D eigenvalue weighted by molar-refractivity contribution is 0.353. The molecule has 110 valence electrons. The van der Waals surface area contributed by atoms with Gasteiger partial charge >= 0.3 is 0 Å². The molecule has 0 saturated carbocycles. The number of nitrogens with zero attached hydrogens (tertiary/aromatic N) is 4. The first kappa shape index (κ1) is 14.5. The first-order valence-corrected chi connectivity index (χ1v) is 6.69. The fraction of sp³-hybridized carbons (Fsp3) is 0.615. The van der Waals surface area contributed by atoms with E-state index < -0.39 is 0 Å². The van der Waals surface area contributed by atoms with E-state index in [9.17, 15) is 0 Å². The standard InChI is InChI=1S/C13H21N5O2/c1-6-10(12-8(2)16-19-9(12)3)14-7-11-15-13(17-20-11)18(4)5/h10,14H,6-7H2,1-5H3.